The van der Waals surface area contributed by atoms with Gasteiger partial charge in [0.2, 0.25) is 0 Å². The first-order chi connectivity index (χ1) is 12.0. The van der Waals surface area contributed by atoms with Crippen LogP contribution in [0.15, 0.2) is 48.5 Å². The Morgan fingerprint density at radius 1 is 1.08 bits per heavy atom. The maximum Gasteiger partial charge on any atom is 0.337 e. The average Bonchev–Trinajstić information content (AvgIpc) is 2.64. The molecule has 0 radical (unpaired) electrons. The normalized spacial score (nSPS) is 10.4. The lowest BCUT2D eigenvalue weighted by Crippen LogP contribution is -2.28. The molecule has 0 saturated heterocycles. The van der Waals surface area contributed by atoms with Crippen LogP contribution in [-0.2, 0) is 16.1 Å². The predicted octanol–water partition coefficient (Wildman–Crippen LogP) is 3.29. The zero-order valence-electron chi connectivity index (χ0n) is 14.7. The lowest BCUT2D eigenvalue weighted by Gasteiger charge is -2.10. The van der Waals surface area contributed by atoms with Gasteiger partial charge in [-0.3, -0.25) is 4.79 Å². The Balaban J connectivity index is 1.81. The van der Waals surface area contributed by atoms with Crippen LogP contribution in [0, 0.1) is 0 Å². The summed E-state index contributed by atoms with van der Waals surface area (Å²) < 4.78 is 10.2. The van der Waals surface area contributed by atoms with Crippen molar-refractivity contribution in [3.05, 3.63) is 65.2 Å². The summed E-state index contributed by atoms with van der Waals surface area (Å²) in [5.74, 6) is 0.508. The van der Waals surface area contributed by atoms with E-state index in [4.69, 9.17) is 4.74 Å². The fourth-order valence-corrected chi connectivity index (χ4v) is 2.24. The number of hydrogen-bond donors (Lipinski definition) is 1. The molecule has 5 heteroatoms. The van der Waals surface area contributed by atoms with Gasteiger partial charge in [-0.25, -0.2) is 4.79 Å². The number of methoxy groups -OCH3 is 1. The van der Waals surface area contributed by atoms with E-state index in [1.807, 2.05) is 24.3 Å². The van der Waals surface area contributed by atoms with Gasteiger partial charge in [-0.1, -0.05) is 38.1 Å². The van der Waals surface area contributed by atoms with Gasteiger partial charge in [0.05, 0.1) is 12.7 Å². The van der Waals surface area contributed by atoms with Gasteiger partial charge in [0.1, 0.15) is 5.75 Å². The summed E-state index contributed by atoms with van der Waals surface area (Å²) in [6.45, 7) is 4.55. The van der Waals surface area contributed by atoms with E-state index in [0.717, 1.165) is 5.56 Å². The Labute approximate surface area is 148 Å². The number of nitrogens with one attached hydrogen (secondary N) is 1. The molecule has 0 spiro atoms. The highest BCUT2D eigenvalue weighted by atomic mass is 16.5. The fraction of sp³-hybridized carbons (Fsp3) is 0.300. The molecule has 0 aliphatic heterocycles. The van der Waals surface area contributed by atoms with E-state index in [0.29, 0.717) is 23.8 Å². The number of hydrogen-bond acceptors (Lipinski definition) is 4. The second-order valence-electron chi connectivity index (χ2n) is 5.98. The molecular weight excluding hydrogens is 318 g/mol. The number of esters is 1. The largest absolute Gasteiger partial charge is 0.484 e. The van der Waals surface area contributed by atoms with Crippen LogP contribution < -0.4 is 10.1 Å². The van der Waals surface area contributed by atoms with Gasteiger partial charge < -0.3 is 14.8 Å². The van der Waals surface area contributed by atoms with Crippen LogP contribution in [0.25, 0.3) is 0 Å². The molecule has 0 fully saturated rings. The van der Waals surface area contributed by atoms with Gasteiger partial charge in [-0.2, -0.15) is 0 Å². The number of amides is 1. The van der Waals surface area contributed by atoms with Crippen molar-refractivity contribution >= 4 is 11.9 Å². The van der Waals surface area contributed by atoms with Crippen molar-refractivity contribution in [2.24, 2.45) is 0 Å². The number of carbonyl (C=O) groups excluding carboxylic acids is 2. The van der Waals surface area contributed by atoms with E-state index >= 15 is 0 Å². The molecule has 2 aromatic carbocycles. The van der Waals surface area contributed by atoms with Gasteiger partial charge >= 0.3 is 5.97 Å². The van der Waals surface area contributed by atoms with Crippen LogP contribution >= 0.6 is 0 Å². The number of carbonyl (C=O) groups is 2. The fourth-order valence-electron chi connectivity index (χ4n) is 2.24. The molecule has 2 aromatic rings. The highest BCUT2D eigenvalue weighted by molar-refractivity contribution is 5.89. The second kappa shape index (κ2) is 8.87. The molecule has 1 amide bonds. The summed E-state index contributed by atoms with van der Waals surface area (Å²) in [6.07, 6.45) is 0. The lowest BCUT2D eigenvalue weighted by atomic mass is 10.0. The minimum atomic E-state index is -0.382. The van der Waals surface area contributed by atoms with Gasteiger partial charge in [0.25, 0.3) is 5.91 Å². The van der Waals surface area contributed by atoms with Crippen LogP contribution in [0.4, 0.5) is 0 Å². The quantitative estimate of drug-likeness (QED) is 0.785. The molecule has 0 bridgehead atoms. The summed E-state index contributed by atoms with van der Waals surface area (Å²) in [4.78, 5) is 23.3. The Bertz CT molecular complexity index is 723. The van der Waals surface area contributed by atoms with Crippen molar-refractivity contribution in [2.75, 3.05) is 13.7 Å². The minimum Gasteiger partial charge on any atom is -0.484 e. The Hall–Kier alpha value is -2.82. The average molecular weight is 341 g/mol. The van der Waals surface area contributed by atoms with Crippen molar-refractivity contribution in [2.45, 2.75) is 26.3 Å². The topological polar surface area (TPSA) is 64.6 Å². The maximum atomic E-state index is 11.9. The lowest BCUT2D eigenvalue weighted by molar-refractivity contribution is -0.123. The first-order valence-electron chi connectivity index (χ1n) is 8.16. The number of rotatable bonds is 7. The predicted molar refractivity (Wildman–Crippen MR) is 95.7 cm³/mol. The molecule has 0 heterocycles. The molecule has 2 rings (SSSR count). The first-order valence-corrected chi connectivity index (χ1v) is 8.16. The standard InChI is InChI=1S/C20H23NO4/c1-14(2)17-5-4-6-18(11-17)25-13-19(22)21-12-15-7-9-16(10-8-15)20(23)24-3/h4-11,14H,12-13H2,1-3H3,(H,21,22). The van der Waals surface area contributed by atoms with Gasteiger partial charge in [0.15, 0.2) is 6.61 Å². The maximum absolute atomic E-state index is 11.9. The highest BCUT2D eigenvalue weighted by Gasteiger charge is 2.07. The zero-order chi connectivity index (χ0) is 18.2. The van der Waals surface area contributed by atoms with E-state index in [9.17, 15) is 9.59 Å². The molecule has 0 aliphatic rings. The monoisotopic (exact) mass is 341 g/mol. The Morgan fingerprint density at radius 2 is 1.80 bits per heavy atom. The van der Waals surface area contributed by atoms with Gasteiger partial charge in [-0.15, -0.1) is 0 Å². The number of benzene rings is 2. The Kier molecular flexibility index (Phi) is 6.57. The van der Waals surface area contributed by atoms with E-state index in [1.165, 1.54) is 12.7 Å². The van der Waals surface area contributed by atoms with Crippen LogP contribution in [0.1, 0.15) is 41.3 Å². The van der Waals surface area contributed by atoms with Gasteiger partial charge in [-0.05, 0) is 41.3 Å². The molecular formula is C20H23NO4. The van der Waals surface area contributed by atoms with E-state index < -0.39 is 0 Å². The molecule has 0 unspecified atom stereocenters. The first kappa shape index (κ1) is 18.5. The van der Waals surface area contributed by atoms with Crippen molar-refractivity contribution in [3.63, 3.8) is 0 Å². The summed E-state index contributed by atoms with van der Waals surface area (Å²) in [5, 5.41) is 2.79. The molecule has 0 saturated carbocycles. The van der Waals surface area contributed by atoms with Crippen LogP contribution in [0.2, 0.25) is 0 Å². The van der Waals surface area contributed by atoms with Crippen molar-refractivity contribution < 1.29 is 19.1 Å². The summed E-state index contributed by atoms with van der Waals surface area (Å²) in [7, 11) is 1.34. The summed E-state index contributed by atoms with van der Waals surface area (Å²) in [6, 6.07) is 14.6. The van der Waals surface area contributed by atoms with E-state index in [2.05, 4.69) is 23.9 Å². The summed E-state index contributed by atoms with van der Waals surface area (Å²) in [5.41, 5.74) is 2.54. The molecule has 25 heavy (non-hydrogen) atoms. The molecule has 5 nitrogen and oxygen atoms in total. The third kappa shape index (κ3) is 5.64. The SMILES string of the molecule is COC(=O)c1ccc(CNC(=O)COc2cccc(C(C)C)c2)cc1. The van der Waals surface area contributed by atoms with Crippen LogP contribution in [0.3, 0.4) is 0 Å². The van der Waals surface area contributed by atoms with E-state index in [-0.39, 0.29) is 18.5 Å². The molecule has 0 aliphatic carbocycles. The van der Waals surface area contributed by atoms with Crippen molar-refractivity contribution in [1.29, 1.82) is 0 Å². The van der Waals surface area contributed by atoms with E-state index in [1.54, 1.807) is 24.3 Å². The minimum absolute atomic E-state index is 0.0399. The number of ether oxygens (including phenoxy) is 2. The second-order valence-corrected chi connectivity index (χ2v) is 5.98. The molecule has 1 N–H and O–H groups in total. The van der Waals surface area contributed by atoms with Gasteiger partial charge in [0, 0.05) is 6.54 Å². The zero-order valence-corrected chi connectivity index (χ0v) is 14.7. The molecule has 0 aromatic heterocycles. The van der Waals surface area contributed by atoms with Crippen molar-refractivity contribution in [3.8, 4) is 5.75 Å². The molecule has 0 atom stereocenters. The summed E-state index contributed by atoms with van der Waals surface area (Å²) >= 11 is 0. The Morgan fingerprint density at radius 3 is 2.44 bits per heavy atom. The third-order valence-electron chi connectivity index (χ3n) is 3.76. The third-order valence-corrected chi connectivity index (χ3v) is 3.76. The van der Waals surface area contributed by atoms with Crippen molar-refractivity contribution in [1.82, 2.24) is 5.32 Å². The molecule has 132 valence electrons. The van der Waals surface area contributed by atoms with Crippen LogP contribution in [0.5, 0.6) is 5.75 Å². The highest BCUT2D eigenvalue weighted by Crippen LogP contribution is 2.19. The van der Waals surface area contributed by atoms with Crippen LogP contribution in [-0.4, -0.2) is 25.6 Å². The smallest absolute Gasteiger partial charge is 0.337 e.